The van der Waals surface area contributed by atoms with Gasteiger partial charge in [-0.2, -0.15) is 16.9 Å². The average Bonchev–Trinajstić information content (AvgIpc) is 3.13. The van der Waals surface area contributed by atoms with E-state index in [-0.39, 0.29) is 6.42 Å². The molecule has 0 amide bonds. The van der Waals surface area contributed by atoms with Crippen molar-refractivity contribution in [2.75, 3.05) is 7.11 Å². The number of methoxy groups -OCH3 is 1. The topological polar surface area (TPSA) is 73.6 Å². The number of carboxylic acid groups (broad SMARTS) is 1. The molecule has 1 N–H and O–H groups in total. The second-order valence-corrected chi connectivity index (χ2v) is 8.81. The van der Waals surface area contributed by atoms with Gasteiger partial charge in [-0.1, -0.05) is 26.0 Å². The quantitative estimate of drug-likeness (QED) is 0.510. The lowest BCUT2D eigenvalue weighted by molar-refractivity contribution is -0.136. The summed E-state index contributed by atoms with van der Waals surface area (Å²) in [5.74, 6) is 1.68. The van der Waals surface area contributed by atoms with Gasteiger partial charge in [0.1, 0.15) is 5.75 Å². The lowest BCUT2D eigenvalue weighted by Crippen LogP contribution is -2.01. The predicted molar refractivity (Wildman–Crippen MR) is 119 cm³/mol. The van der Waals surface area contributed by atoms with Crippen LogP contribution in [0.3, 0.4) is 0 Å². The highest BCUT2D eigenvalue weighted by atomic mass is 32.2. The minimum Gasteiger partial charge on any atom is -0.493 e. The van der Waals surface area contributed by atoms with Gasteiger partial charge in [0.2, 0.25) is 0 Å². The van der Waals surface area contributed by atoms with Crippen LogP contribution < -0.4 is 9.47 Å². The molecule has 0 fully saturated rings. The lowest BCUT2D eigenvalue weighted by atomic mass is 10.1. The summed E-state index contributed by atoms with van der Waals surface area (Å²) in [7, 11) is 3.47. The van der Waals surface area contributed by atoms with E-state index in [0.717, 1.165) is 28.2 Å². The van der Waals surface area contributed by atoms with Gasteiger partial charge in [0.25, 0.3) is 0 Å². The van der Waals surface area contributed by atoms with Crippen LogP contribution in [-0.2, 0) is 24.0 Å². The molecular weight excluding hydrogens is 400 g/mol. The molecule has 0 aliphatic carbocycles. The van der Waals surface area contributed by atoms with Crippen molar-refractivity contribution < 1.29 is 19.4 Å². The first kappa shape index (κ1) is 21.8. The van der Waals surface area contributed by atoms with Crippen molar-refractivity contribution in [1.29, 1.82) is 0 Å². The van der Waals surface area contributed by atoms with Crippen LogP contribution in [0, 0.1) is 0 Å². The van der Waals surface area contributed by atoms with Gasteiger partial charge in [0, 0.05) is 30.1 Å². The van der Waals surface area contributed by atoms with Gasteiger partial charge < -0.3 is 14.6 Å². The Balaban J connectivity index is 1.96. The van der Waals surface area contributed by atoms with E-state index in [1.165, 1.54) is 0 Å². The molecule has 1 heterocycles. The Morgan fingerprint density at radius 1 is 1.13 bits per heavy atom. The highest BCUT2D eigenvalue weighted by Crippen LogP contribution is 2.37. The largest absolute Gasteiger partial charge is 0.493 e. The zero-order valence-electron chi connectivity index (χ0n) is 17.6. The summed E-state index contributed by atoms with van der Waals surface area (Å²) >= 11 is 1.83. The number of hydrogen-bond acceptors (Lipinski definition) is 5. The first-order valence-electron chi connectivity index (χ1n) is 9.66. The number of benzene rings is 2. The Morgan fingerprint density at radius 3 is 2.53 bits per heavy atom. The Kier molecular flexibility index (Phi) is 7.05. The molecule has 30 heavy (non-hydrogen) atoms. The zero-order valence-corrected chi connectivity index (χ0v) is 18.4. The van der Waals surface area contributed by atoms with Gasteiger partial charge in [-0.3, -0.25) is 9.48 Å². The maximum atomic E-state index is 11.1. The molecule has 0 atom stereocenters. The second-order valence-electron chi connectivity index (χ2n) is 7.24. The summed E-state index contributed by atoms with van der Waals surface area (Å²) in [4.78, 5) is 11.1. The average molecular weight is 427 g/mol. The van der Waals surface area contributed by atoms with E-state index >= 15 is 0 Å². The number of ether oxygens (including phenoxy) is 2. The molecule has 0 radical (unpaired) electrons. The van der Waals surface area contributed by atoms with Crippen LogP contribution in [0.25, 0.3) is 11.1 Å². The fraction of sp³-hybridized carbons (Fsp3) is 0.304. The van der Waals surface area contributed by atoms with Crippen LogP contribution in [0.15, 0.2) is 48.8 Å². The SMILES string of the molecule is COc1ccc(CC(=O)O)cc1Oc1ccc(-c2cnn(C)c2)cc1CSC(C)C. The van der Waals surface area contributed by atoms with Crippen molar-refractivity contribution in [2.24, 2.45) is 7.05 Å². The van der Waals surface area contributed by atoms with E-state index in [4.69, 9.17) is 14.6 Å². The van der Waals surface area contributed by atoms with Crippen LogP contribution in [0.1, 0.15) is 25.0 Å². The number of nitrogens with zero attached hydrogens (tertiary/aromatic N) is 2. The van der Waals surface area contributed by atoms with Crippen molar-refractivity contribution in [3.8, 4) is 28.4 Å². The molecule has 0 aliphatic heterocycles. The van der Waals surface area contributed by atoms with Crippen LogP contribution in [0.2, 0.25) is 0 Å². The highest BCUT2D eigenvalue weighted by Gasteiger charge is 2.14. The number of rotatable bonds is 9. The fourth-order valence-corrected chi connectivity index (χ4v) is 3.74. The van der Waals surface area contributed by atoms with E-state index < -0.39 is 5.97 Å². The van der Waals surface area contributed by atoms with Crippen molar-refractivity contribution in [3.05, 3.63) is 59.9 Å². The van der Waals surface area contributed by atoms with Crippen LogP contribution in [-0.4, -0.2) is 33.2 Å². The third-order valence-electron chi connectivity index (χ3n) is 4.47. The smallest absolute Gasteiger partial charge is 0.307 e. The molecule has 0 saturated carbocycles. The van der Waals surface area contributed by atoms with E-state index in [0.29, 0.717) is 22.3 Å². The number of aliphatic carboxylic acids is 1. The molecule has 158 valence electrons. The molecule has 6 nitrogen and oxygen atoms in total. The summed E-state index contributed by atoms with van der Waals surface area (Å²) < 4.78 is 13.4. The number of hydrogen-bond donors (Lipinski definition) is 1. The van der Waals surface area contributed by atoms with Crippen LogP contribution >= 0.6 is 11.8 Å². The molecule has 0 unspecified atom stereocenters. The third-order valence-corrected chi connectivity index (χ3v) is 5.62. The predicted octanol–water partition coefficient (Wildman–Crippen LogP) is 5.16. The van der Waals surface area contributed by atoms with Crippen molar-refractivity contribution >= 4 is 17.7 Å². The highest BCUT2D eigenvalue weighted by molar-refractivity contribution is 7.99. The fourth-order valence-electron chi connectivity index (χ4n) is 3.00. The minimum absolute atomic E-state index is 0.0731. The summed E-state index contributed by atoms with van der Waals surface area (Å²) in [6, 6.07) is 11.3. The number of aryl methyl sites for hydroxylation is 1. The number of aromatic nitrogens is 2. The van der Waals surface area contributed by atoms with Gasteiger partial charge in [-0.25, -0.2) is 0 Å². The maximum absolute atomic E-state index is 11.1. The van der Waals surface area contributed by atoms with Crippen LogP contribution in [0.4, 0.5) is 0 Å². The molecule has 0 bridgehead atoms. The van der Waals surface area contributed by atoms with Crippen molar-refractivity contribution in [1.82, 2.24) is 9.78 Å². The Hall–Kier alpha value is -2.93. The van der Waals surface area contributed by atoms with Gasteiger partial charge in [-0.05, 0) is 40.6 Å². The van der Waals surface area contributed by atoms with E-state index in [1.54, 1.807) is 30.0 Å². The van der Waals surface area contributed by atoms with E-state index in [1.807, 2.05) is 43.3 Å². The molecule has 3 rings (SSSR count). The van der Waals surface area contributed by atoms with Gasteiger partial charge in [0.15, 0.2) is 11.5 Å². The molecule has 0 spiro atoms. The molecular formula is C23H26N2O4S. The third kappa shape index (κ3) is 5.57. The summed E-state index contributed by atoms with van der Waals surface area (Å²) in [5, 5.41) is 13.8. The Labute approximate surface area is 180 Å². The number of carbonyl (C=O) groups is 1. The Bertz CT molecular complexity index is 1030. The molecule has 7 heteroatoms. The lowest BCUT2D eigenvalue weighted by Gasteiger charge is -2.16. The number of thioether (sulfide) groups is 1. The number of carboxylic acids is 1. The summed E-state index contributed by atoms with van der Waals surface area (Å²) in [6.45, 7) is 4.32. The molecule has 0 saturated heterocycles. The summed E-state index contributed by atoms with van der Waals surface area (Å²) in [6.07, 6.45) is 3.75. The first-order chi connectivity index (χ1) is 14.4. The zero-order chi connectivity index (χ0) is 21.7. The Morgan fingerprint density at radius 2 is 1.90 bits per heavy atom. The van der Waals surface area contributed by atoms with Gasteiger partial charge in [0.05, 0.1) is 19.7 Å². The molecule has 0 aliphatic rings. The molecule has 2 aromatic carbocycles. The van der Waals surface area contributed by atoms with Crippen LogP contribution in [0.5, 0.6) is 17.2 Å². The van der Waals surface area contributed by atoms with Gasteiger partial charge >= 0.3 is 5.97 Å². The monoisotopic (exact) mass is 426 g/mol. The van der Waals surface area contributed by atoms with Gasteiger partial charge in [-0.15, -0.1) is 0 Å². The summed E-state index contributed by atoms with van der Waals surface area (Å²) in [5.41, 5.74) is 3.83. The molecule has 1 aromatic heterocycles. The van der Waals surface area contributed by atoms with E-state index in [9.17, 15) is 4.79 Å². The van der Waals surface area contributed by atoms with E-state index in [2.05, 4.69) is 25.0 Å². The standard InChI is InChI=1S/C23H26N2O4S/c1-15(2)30-14-18-11-17(19-12-24-25(3)13-19)6-8-20(18)29-22-9-16(10-23(26)27)5-7-21(22)28-4/h5-9,11-13,15H,10,14H2,1-4H3,(H,26,27). The normalized spacial score (nSPS) is 11.0. The molecule has 3 aromatic rings. The van der Waals surface area contributed by atoms with Crippen molar-refractivity contribution in [3.63, 3.8) is 0 Å². The first-order valence-corrected chi connectivity index (χ1v) is 10.7. The minimum atomic E-state index is -0.888. The van der Waals surface area contributed by atoms with Crippen molar-refractivity contribution in [2.45, 2.75) is 31.3 Å². The maximum Gasteiger partial charge on any atom is 0.307 e. The second kappa shape index (κ2) is 9.71.